The SMILES string of the molecule is C[NH-].O=Cc1ccc(CO)o1.OCC(O)[C@H](O)[C@H](O)[C@H](O)CO.OCC1OC(O)[C@@H](O)[C@@H](O)[C@H]1O.OC[C@H]1O[C@@](O)(CO)C(O)[C@H]1O.[CH-]=N.[CH-]=N.[CH-]=N.[Cl][Cr+][Cl].[Cl][Cr+][Cl].[Cl][Cr+][Cl].[Cl][Cr+][Cl]. The van der Waals surface area contributed by atoms with E-state index in [-0.39, 0.29) is 65.9 Å². The summed E-state index contributed by atoms with van der Waals surface area (Å²) in [4.78, 5) is 9.96. The molecule has 3 heterocycles. The van der Waals surface area contributed by atoms with Crippen molar-refractivity contribution >= 4 is 107 Å². The van der Waals surface area contributed by atoms with Gasteiger partial charge in [0.25, 0.3) is 0 Å². The summed E-state index contributed by atoms with van der Waals surface area (Å²) in [6, 6.07) is 3.07. The second-order valence-electron chi connectivity index (χ2n) is 9.79. The Kier molecular flexibility index (Phi) is 84.6. The van der Waals surface area contributed by atoms with Crippen molar-refractivity contribution in [3.05, 3.63) is 29.4 Å². The molecule has 392 valence electrons. The molecule has 3 rings (SSSR count). The number of aldehydes is 1. The number of aliphatic hydroxyl groups is 17. The Balaban J connectivity index is -0.0000000811. The Morgan fingerprint density at radius 2 is 1.02 bits per heavy atom. The third-order valence-electron chi connectivity index (χ3n) is 6.26. The van der Waals surface area contributed by atoms with Gasteiger partial charge in [-0.1, -0.05) is 0 Å². The van der Waals surface area contributed by atoms with Gasteiger partial charge in [-0.3, -0.25) is 4.79 Å². The first-order chi connectivity index (χ1) is 30.7. The van der Waals surface area contributed by atoms with E-state index in [0.29, 0.717) is 12.0 Å². The molecule has 13 atom stereocenters. The van der Waals surface area contributed by atoms with Crippen molar-refractivity contribution in [2.24, 2.45) is 0 Å². The molecule has 2 aliphatic rings. The van der Waals surface area contributed by atoms with Gasteiger partial charge < -0.3 is 143 Å². The molecular formula is C28H54Cl8Cr4N4O21. The number of hydrogen-bond acceptors (Lipinski definition) is 24. The van der Waals surface area contributed by atoms with Crippen LogP contribution in [0.1, 0.15) is 16.3 Å². The van der Waals surface area contributed by atoms with E-state index in [0.717, 1.165) is 0 Å². The molecule has 37 heteroatoms. The Morgan fingerprint density at radius 3 is 1.23 bits per heavy atom. The predicted octanol–water partition coefficient (Wildman–Crippen LogP) is -2.84. The first-order valence-electron chi connectivity index (χ1n) is 15.7. The van der Waals surface area contributed by atoms with E-state index in [9.17, 15) is 9.90 Å². The topological polar surface area (TPSA) is 488 Å². The minimum absolute atomic E-state index is 0.159. The van der Waals surface area contributed by atoms with Crippen LogP contribution in [-0.2, 0) is 69.6 Å². The zero-order valence-corrected chi connectivity index (χ0v) is 44.2. The maximum atomic E-state index is 9.96. The fourth-order valence-electron chi connectivity index (χ4n) is 3.44. The van der Waals surface area contributed by atoms with Crippen LogP contribution in [0.3, 0.4) is 0 Å². The quantitative estimate of drug-likeness (QED) is 0.0637. The molecule has 1 aromatic rings. The molecule has 0 radical (unpaired) electrons. The van der Waals surface area contributed by atoms with Gasteiger partial charge in [-0.2, -0.15) is 7.05 Å². The Labute approximate surface area is 433 Å². The van der Waals surface area contributed by atoms with Crippen LogP contribution in [0.4, 0.5) is 0 Å². The van der Waals surface area contributed by atoms with Crippen LogP contribution in [0.15, 0.2) is 16.5 Å². The Morgan fingerprint density at radius 1 is 0.662 bits per heavy atom. The molecule has 0 spiro atoms. The summed E-state index contributed by atoms with van der Waals surface area (Å²) in [5, 5.41) is 166. The molecule has 0 saturated carbocycles. The number of furan rings is 1. The summed E-state index contributed by atoms with van der Waals surface area (Å²) in [6.07, 6.45) is -16.9. The van der Waals surface area contributed by atoms with Gasteiger partial charge in [0.15, 0.2) is 18.3 Å². The minimum atomic E-state index is -2.16. The molecule has 25 nitrogen and oxygen atoms in total. The van der Waals surface area contributed by atoms with E-state index in [4.69, 9.17) is 188 Å². The zero-order chi connectivity index (χ0) is 53.9. The average Bonchev–Trinajstić information content (AvgIpc) is 3.91. The van der Waals surface area contributed by atoms with Crippen LogP contribution in [0.2, 0.25) is 0 Å². The summed E-state index contributed by atoms with van der Waals surface area (Å²) in [6.45, 7) is 7.75. The molecule has 65 heavy (non-hydrogen) atoms. The molecule has 2 aliphatic heterocycles. The summed E-state index contributed by atoms with van der Waals surface area (Å²) >= 11 is -0.722. The normalized spacial score (nSPS) is 24.4. The molecular weight excluding hydrogens is 1220 g/mol. The van der Waals surface area contributed by atoms with Gasteiger partial charge in [-0.25, -0.2) is 0 Å². The van der Waals surface area contributed by atoms with E-state index in [1.807, 2.05) is 0 Å². The van der Waals surface area contributed by atoms with Gasteiger partial charge in [-0.05, 0) is 12.1 Å². The van der Waals surface area contributed by atoms with E-state index in [1.165, 1.54) is 13.1 Å². The van der Waals surface area contributed by atoms with Gasteiger partial charge >= 0.3 is 134 Å². The average molecular weight is 1270 g/mol. The molecule has 1 aromatic heterocycles. The number of nitrogens with one attached hydrogen (secondary N) is 4. The van der Waals surface area contributed by atoms with Crippen LogP contribution in [0.5, 0.6) is 0 Å². The number of hydrogen-bond donors (Lipinski definition) is 20. The van der Waals surface area contributed by atoms with Gasteiger partial charge in [0, 0.05) is 0 Å². The molecule has 0 aliphatic carbocycles. The number of carbonyl (C=O) groups is 1. The van der Waals surface area contributed by atoms with E-state index in [2.05, 4.69) is 29.6 Å². The second kappa shape index (κ2) is 63.6. The van der Waals surface area contributed by atoms with Gasteiger partial charge in [0.05, 0.1) is 33.0 Å². The Hall–Kier alpha value is 1.61. The second-order valence-corrected chi connectivity index (χ2v) is 18.2. The number of carbonyl (C=O) groups excluding carboxylic acids is 1. The van der Waals surface area contributed by atoms with Gasteiger partial charge in [-0.15, -0.1) is 0 Å². The molecule has 0 aromatic carbocycles. The van der Waals surface area contributed by atoms with Crippen molar-refractivity contribution in [1.29, 1.82) is 16.2 Å². The predicted molar refractivity (Wildman–Crippen MR) is 224 cm³/mol. The van der Waals surface area contributed by atoms with Gasteiger partial charge in [0.1, 0.15) is 79.5 Å². The van der Waals surface area contributed by atoms with Crippen molar-refractivity contribution < 1.29 is 159 Å². The number of halogens is 8. The first-order valence-corrected chi connectivity index (χ1v) is 29.7. The van der Waals surface area contributed by atoms with Crippen LogP contribution in [-0.4, -0.2) is 233 Å². The van der Waals surface area contributed by atoms with Crippen molar-refractivity contribution in [2.75, 3.05) is 40.1 Å². The standard InChI is InChI=1S/2C6H12O6.C6H14O6.C6H6O3.CH4N.3CH2N.8ClH.4Cr/c7-1-3-4(9)5(10)6(11,2-8)12-3;7-1-2-3(8)4(9)5(10)6(11)12-2;7-1-3(9)5(11)6(12)4(10)2-8;7-3-5-1-2-6(4-8)9-5;4*1-2;;;;;;;;;;;;/h3-5,7-11H,1-2H2;2-11H,1H2;3-12H,1-2H2;1-3,8H,4H2;2H,1H3;3*1-2H;8*1H;;;;/q;;;;4*-1;;;;;;;;;4*+3/p-8/t3-,4+,5?,6+;2?,3-,4-,5-,6?;3-,4?,5-,6+;;;;;;;;;;;;;;;;;/m101................./s1. The van der Waals surface area contributed by atoms with Crippen molar-refractivity contribution in [2.45, 2.75) is 85.8 Å². The third kappa shape index (κ3) is 45.2. The van der Waals surface area contributed by atoms with Crippen molar-refractivity contribution in [1.82, 2.24) is 0 Å². The van der Waals surface area contributed by atoms with Crippen LogP contribution in [0, 0.1) is 16.2 Å². The molecule has 0 bridgehead atoms. The van der Waals surface area contributed by atoms with Crippen LogP contribution in [0.25, 0.3) is 5.73 Å². The summed E-state index contributed by atoms with van der Waals surface area (Å²) < 4.78 is 14.0. The first kappa shape index (κ1) is 86.4. The van der Waals surface area contributed by atoms with E-state index >= 15 is 0 Å². The number of ether oxygens (including phenoxy) is 2. The molecule has 21 N–H and O–H groups in total. The molecule has 2 saturated heterocycles. The fraction of sp³-hybridized carbons (Fsp3) is 0.714. The summed E-state index contributed by atoms with van der Waals surface area (Å²) in [5.41, 5.74) is 5.75. The number of aliphatic hydroxyl groups excluding tert-OH is 16. The van der Waals surface area contributed by atoms with Crippen LogP contribution < -0.4 is 0 Å². The summed E-state index contributed by atoms with van der Waals surface area (Å²) in [5.74, 6) is -1.50. The van der Waals surface area contributed by atoms with E-state index < -0.39 is 112 Å². The number of rotatable bonds is 10. The van der Waals surface area contributed by atoms with Crippen molar-refractivity contribution in [3.8, 4) is 0 Å². The molecule has 4 unspecified atom stereocenters. The molecule has 0 amide bonds. The summed E-state index contributed by atoms with van der Waals surface area (Å²) in [7, 11) is 39.9. The fourth-order valence-corrected chi connectivity index (χ4v) is 3.44. The Bertz CT molecular complexity index is 1060. The monoisotopic (exact) mass is 1270 g/mol. The van der Waals surface area contributed by atoms with Crippen molar-refractivity contribution in [3.63, 3.8) is 0 Å². The van der Waals surface area contributed by atoms with Crippen LogP contribution >= 0.6 is 80.4 Å². The zero-order valence-electron chi connectivity index (χ0n) is 33.0. The van der Waals surface area contributed by atoms with E-state index in [1.54, 1.807) is 6.07 Å². The maximum absolute atomic E-state index is 9.96. The molecule has 2 fully saturated rings. The van der Waals surface area contributed by atoms with Gasteiger partial charge in [0.2, 0.25) is 5.79 Å². The third-order valence-corrected chi connectivity index (χ3v) is 6.26.